The van der Waals surface area contributed by atoms with Crippen LogP contribution in [0.3, 0.4) is 0 Å². The van der Waals surface area contributed by atoms with E-state index in [0.29, 0.717) is 5.92 Å². The summed E-state index contributed by atoms with van der Waals surface area (Å²) in [7, 11) is 0. The van der Waals surface area contributed by atoms with Crippen LogP contribution in [0.4, 0.5) is 0 Å². The van der Waals surface area contributed by atoms with Gasteiger partial charge in [0.1, 0.15) is 0 Å². The molecule has 1 aromatic carbocycles. The molecule has 1 aromatic heterocycles. The maximum absolute atomic E-state index is 4.74. The Bertz CT molecular complexity index is 554. The summed E-state index contributed by atoms with van der Waals surface area (Å²) in [5, 5.41) is 4.74. The van der Waals surface area contributed by atoms with Crippen LogP contribution in [0.15, 0.2) is 24.3 Å². The van der Waals surface area contributed by atoms with Crippen molar-refractivity contribution in [2.24, 2.45) is 0 Å². The van der Waals surface area contributed by atoms with E-state index in [1.165, 1.54) is 49.1 Å². The van der Waals surface area contributed by atoms with Gasteiger partial charge in [0.15, 0.2) is 0 Å². The Morgan fingerprint density at radius 1 is 1.15 bits per heavy atom. The predicted octanol–water partition coefficient (Wildman–Crippen LogP) is 4.33. The van der Waals surface area contributed by atoms with E-state index in [1.54, 1.807) is 0 Å². The first-order valence-electron chi connectivity index (χ1n) is 7.30. The molecule has 0 aliphatic heterocycles. The molecular formula is C17H21N2Pt-. The van der Waals surface area contributed by atoms with E-state index < -0.39 is 0 Å². The standard InChI is InChI=1S/C17H21N2.Pt/c1-13-17(15-9-5-3-6-10-15)14(2)19(18-13)16-11-7-4-8-12-16;/h4,7-8,11,15H,3,5-6,9-10H2,1-2H3;/q-1;. The molecule has 0 saturated heterocycles. The first kappa shape index (κ1) is 15.5. The summed E-state index contributed by atoms with van der Waals surface area (Å²) in [5.41, 5.74) is 5.02. The molecule has 0 atom stereocenters. The molecule has 2 aromatic rings. The average Bonchev–Trinajstić information content (AvgIpc) is 2.76. The van der Waals surface area contributed by atoms with Gasteiger partial charge in [-0.25, -0.2) is 0 Å². The molecule has 0 spiro atoms. The van der Waals surface area contributed by atoms with E-state index in [-0.39, 0.29) is 21.1 Å². The third-order valence-electron chi connectivity index (χ3n) is 4.28. The molecule has 20 heavy (non-hydrogen) atoms. The topological polar surface area (TPSA) is 17.8 Å². The zero-order valence-electron chi connectivity index (χ0n) is 12.1. The first-order chi connectivity index (χ1) is 9.27. The van der Waals surface area contributed by atoms with Gasteiger partial charge in [-0.1, -0.05) is 19.3 Å². The van der Waals surface area contributed by atoms with Crippen LogP contribution in [0, 0.1) is 19.9 Å². The Morgan fingerprint density at radius 2 is 1.90 bits per heavy atom. The molecule has 0 amide bonds. The molecule has 0 bridgehead atoms. The number of hydrogen-bond donors (Lipinski definition) is 0. The maximum atomic E-state index is 4.74. The fraction of sp³-hybridized carbons (Fsp3) is 0.471. The van der Waals surface area contributed by atoms with Crippen LogP contribution < -0.4 is 0 Å². The van der Waals surface area contributed by atoms with Gasteiger partial charge in [-0.05, 0) is 43.9 Å². The molecule has 1 aliphatic carbocycles. The third kappa shape index (κ3) is 2.91. The molecule has 0 radical (unpaired) electrons. The fourth-order valence-electron chi connectivity index (χ4n) is 3.39. The summed E-state index contributed by atoms with van der Waals surface area (Å²) >= 11 is 0. The Morgan fingerprint density at radius 3 is 2.55 bits per heavy atom. The molecule has 3 heteroatoms. The van der Waals surface area contributed by atoms with Crippen LogP contribution in [-0.4, -0.2) is 9.78 Å². The minimum atomic E-state index is 0. The minimum Gasteiger partial charge on any atom is -0.262 e. The smallest absolute Gasteiger partial charge is 0.0634 e. The summed E-state index contributed by atoms with van der Waals surface area (Å²) < 4.78 is 2.05. The molecule has 2 nitrogen and oxygen atoms in total. The van der Waals surface area contributed by atoms with Gasteiger partial charge in [0.25, 0.3) is 0 Å². The molecule has 1 fully saturated rings. The number of benzene rings is 1. The van der Waals surface area contributed by atoms with Gasteiger partial charge in [0.05, 0.1) is 5.69 Å². The quantitative estimate of drug-likeness (QED) is 0.626. The number of para-hydroxylation sites is 1. The number of nitrogens with zero attached hydrogens (tertiary/aromatic N) is 2. The minimum absolute atomic E-state index is 0. The van der Waals surface area contributed by atoms with Crippen molar-refractivity contribution in [3.63, 3.8) is 0 Å². The number of hydrogen-bond acceptors (Lipinski definition) is 1. The normalized spacial score (nSPS) is 15.9. The summed E-state index contributed by atoms with van der Waals surface area (Å²) in [4.78, 5) is 0. The number of aromatic nitrogens is 2. The predicted molar refractivity (Wildman–Crippen MR) is 77.7 cm³/mol. The van der Waals surface area contributed by atoms with E-state index in [9.17, 15) is 0 Å². The van der Waals surface area contributed by atoms with Crippen molar-refractivity contribution in [1.29, 1.82) is 0 Å². The van der Waals surface area contributed by atoms with Crippen molar-refractivity contribution in [3.05, 3.63) is 47.3 Å². The first-order valence-corrected chi connectivity index (χ1v) is 7.30. The van der Waals surface area contributed by atoms with Crippen LogP contribution in [0.1, 0.15) is 55.0 Å². The zero-order chi connectivity index (χ0) is 13.2. The van der Waals surface area contributed by atoms with Crippen molar-refractivity contribution >= 4 is 0 Å². The van der Waals surface area contributed by atoms with Crippen LogP contribution >= 0.6 is 0 Å². The second-order valence-corrected chi connectivity index (χ2v) is 5.58. The Hall–Kier alpha value is -0.882. The van der Waals surface area contributed by atoms with Crippen molar-refractivity contribution < 1.29 is 21.1 Å². The Labute approximate surface area is 135 Å². The van der Waals surface area contributed by atoms with Crippen LogP contribution in [0.25, 0.3) is 5.69 Å². The summed E-state index contributed by atoms with van der Waals surface area (Å²) in [6.45, 7) is 4.35. The van der Waals surface area contributed by atoms with Gasteiger partial charge < -0.3 is 0 Å². The molecule has 1 saturated carbocycles. The Kier molecular flexibility index (Phi) is 5.21. The molecule has 0 N–H and O–H groups in total. The Balaban J connectivity index is 0.00000147. The van der Waals surface area contributed by atoms with Gasteiger partial charge >= 0.3 is 0 Å². The van der Waals surface area contributed by atoms with Crippen molar-refractivity contribution in [1.82, 2.24) is 9.78 Å². The van der Waals surface area contributed by atoms with Crippen LogP contribution in [-0.2, 0) is 21.1 Å². The molecule has 110 valence electrons. The van der Waals surface area contributed by atoms with Gasteiger partial charge in [-0.2, -0.15) is 29.4 Å². The second-order valence-electron chi connectivity index (χ2n) is 5.58. The van der Waals surface area contributed by atoms with E-state index >= 15 is 0 Å². The van der Waals surface area contributed by atoms with Crippen molar-refractivity contribution in [3.8, 4) is 5.69 Å². The van der Waals surface area contributed by atoms with E-state index in [1.807, 2.05) is 18.2 Å². The van der Waals surface area contributed by atoms with Gasteiger partial charge in [0, 0.05) is 26.8 Å². The number of rotatable bonds is 2. The third-order valence-corrected chi connectivity index (χ3v) is 4.28. The van der Waals surface area contributed by atoms with Crippen molar-refractivity contribution in [2.75, 3.05) is 0 Å². The number of aryl methyl sites for hydroxylation is 1. The molecule has 3 rings (SSSR count). The summed E-state index contributed by atoms with van der Waals surface area (Å²) in [6.07, 6.45) is 6.78. The zero-order valence-corrected chi connectivity index (χ0v) is 14.4. The average molecular weight is 448 g/mol. The van der Waals surface area contributed by atoms with Crippen molar-refractivity contribution in [2.45, 2.75) is 51.9 Å². The maximum Gasteiger partial charge on any atom is 0.0634 e. The largest absolute Gasteiger partial charge is 0.262 e. The van der Waals surface area contributed by atoms with E-state index in [0.717, 1.165) is 5.69 Å². The van der Waals surface area contributed by atoms with Gasteiger partial charge in [-0.15, -0.1) is 6.07 Å². The fourth-order valence-corrected chi connectivity index (χ4v) is 3.39. The molecular weight excluding hydrogens is 427 g/mol. The monoisotopic (exact) mass is 448 g/mol. The molecule has 0 unspecified atom stereocenters. The van der Waals surface area contributed by atoms with E-state index in [4.69, 9.17) is 5.10 Å². The van der Waals surface area contributed by atoms with Crippen LogP contribution in [0.5, 0.6) is 0 Å². The van der Waals surface area contributed by atoms with Gasteiger partial charge in [-0.3, -0.25) is 4.68 Å². The molecule has 1 heterocycles. The molecule has 1 aliphatic rings. The van der Waals surface area contributed by atoms with Crippen LogP contribution in [0.2, 0.25) is 0 Å². The second kappa shape index (κ2) is 6.72. The summed E-state index contributed by atoms with van der Waals surface area (Å²) in [5.74, 6) is 0.714. The van der Waals surface area contributed by atoms with E-state index in [2.05, 4.69) is 30.7 Å². The van der Waals surface area contributed by atoms with Gasteiger partial charge in [0.2, 0.25) is 0 Å². The SMILES string of the molecule is Cc1nn(-c2[c-]cccc2)c(C)c1C1CCCCC1.[Pt]. The summed E-state index contributed by atoms with van der Waals surface area (Å²) in [6, 6.07) is 11.3.